The SMILES string of the molecule is CC(C)(C)C(CCO)NS(=O)(=O)c1ccccc1Br. The Bertz CT molecular complexity index is 523. The molecule has 1 aromatic carbocycles. The lowest BCUT2D eigenvalue weighted by molar-refractivity contribution is 0.214. The second kappa shape index (κ2) is 6.35. The second-order valence-corrected chi connectivity index (χ2v) is 8.02. The predicted octanol–water partition coefficient (Wildman–Crippen LogP) is 2.52. The Kier molecular flexibility index (Phi) is 5.55. The Hall–Kier alpha value is -0.430. The summed E-state index contributed by atoms with van der Waals surface area (Å²) in [7, 11) is -3.60. The number of rotatable bonds is 5. The third-order valence-corrected chi connectivity index (χ3v) is 5.37. The van der Waals surface area contributed by atoms with Gasteiger partial charge in [-0.2, -0.15) is 0 Å². The largest absolute Gasteiger partial charge is 0.396 e. The number of sulfonamides is 1. The number of hydrogen-bond donors (Lipinski definition) is 2. The average molecular weight is 350 g/mol. The molecule has 2 N–H and O–H groups in total. The van der Waals surface area contributed by atoms with Gasteiger partial charge in [0.2, 0.25) is 10.0 Å². The minimum Gasteiger partial charge on any atom is -0.396 e. The van der Waals surface area contributed by atoms with Crippen LogP contribution < -0.4 is 4.72 Å². The molecule has 0 saturated heterocycles. The molecular weight excluding hydrogens is 330 g/mol. The Labute approximate surface area is 123 Å². The Balaban J connectivity index is 3.05. The van der Waals surface area contributed by atoms with E-state index in [4.69, 9.17) is 5.11 Å². The highest BCUT2D eigenvalue weighted by atomic mass is 79.9. The lowest BCUT2D eigenvalue weighted by atomic mass is 9.86. The van der Waals surface area contributed by atoms with Gasteiger partial charge in [-0.1, -0.05) is 32.9 Å². The average Bonchev–Trinajstić information content (AvgIpc) is 2.27. The van der Waals surface area contributed by atoms with E-state index in [1.54, 1.807) is 24.3 Å². The van der Waals surface area contributed by atoms with Gasteiger partial charge < -0.3 is 5.11 Å². The van der Waals surface area contributed by atoms with Crippen molar-refractivity contribution in [3.8, 4) is 0 Å². The number of benzene rings is 1. The van der Waals surface area contributed by atoms with Gasteiger partial charge in [0, 0.05) is 17.1 Å². The van der Waals surface area contributed by atoms with E-state index in [1.165, 1.54) is 0 Å². The van der Waals surface area contributed by atoms with Crippen molar-refractivity contribution in [1.29, 1.82) is 0 Å². The van der Waals surface area contributed by atoms with Crippen LogP contribution in [0.3, 0.4) is 0 Å². The van der Waals surface area contributed by atoms with Gasteiger partial charge in [0.1, 0.15) is 0 Å². The number of nitrogens with one attached hydrogen (secondary N) is 1. The molecule has 0 heterocycles. The van der Waals surface area contributed by atoms with Gasteiger partial charge in [-0.15, -0.1) is 0 Å². The summed E-state index contributed by atoms with van der Waals surface area (Å²) in [6.07, 6.45) is 0.382. The molecule has 6 heteroatoms. The van der Waals surface area contributed by atoms with Crippen molar-refractivity contribution >= 4 is 26.0 Å². The van der Waals surface area contributed by atoms with Crippen molar-refractivity contribution in [3.63, 3.8) is 0 Å². The van der Waals surface area contributed by atoms with Crippen LogP contribution >= 0.6 is 15.9 Å². The smallest absolute Gasteiger partial charge is 0.241 e. The number of hydrogen-bond acceptors (Lipinski definition) is 3. The molecular formula is C13H20BrNO3S. The maximum absolute atomic E-state index is 12.4. The van der Waals surface area contributed by atoms with Crippen molar-refractivity contribution in [3.05, 3.63) is 28.7 Å². The van der Waals surface area contributed by atoms with Crippen LogP contribution in [0.25, 0.3) is 0 Å². The highest BCUT2D eigenvalue weighted by Crippen LogP contribution is 2.26. The molecule has 0 fully saturated rings. The molecule has 4 nitrogen and oxygen atoms in total. The van der Waals surface area contributed by atoms with Gasteiger partial charge in [-0.25, -0.2) is 13.1 Å². The summed E-state index contributed by atoms with van der Waals surface area (Å²) in [4.78, 5) is 0.210. The molecule has 1 atom stereocenters. The third kappa shape index (κ3) is 4.56. The van der Waals surface area contributed by atoms with Crippen molar-refractivity contribution in [1.82, 2.24) is 4.72 Å². The van der Waals surface area contributed by atoms with Crippen LogP contribution in [-0.2, 0) is 10.0 Å². The molecule has 108 valence electrons. The zero-order valence-electron chi connectivity index (χ0n) is 11.4. The first-order chi connectivity index (χ1) is 8.68. The molecule has 0 aliphatic rings. The summed E-state index contributed by atoms with van der Waals surface area (Å²) in [5, 5.41) is 9.08. The Morgan fingerprint density at radius 3 is 2.37 bits per heavy atom. The topological polar surface area (TPSA) is 66.4 Å². The van der Waals surface area contributed by atoms with Crippen LogP contribution in [-0.4, -0.2) is 26.2 Å². The molecule has 19 heavy (non-hydrogen) atoms. The van der Waals surface area contributed by atoms with Crippen molar-refractivity contribution in [2.75, 3.05) is 6.61 Å². The molecule has 0 bridgehead atoms. The zero-order chi connectivity index (χ0) is 14.7. The zero-order valence-corrected chi connectivity index (χ0v) is 13.8. The Morgan fingerprint density at radius 2 is 1.89 bits per heavy atom. The molecule has 1 unspecified atom stereocenters. The van der Waals surface area contributed by atoms with Crippen LogP contribution in [0.4, 0.5) is 0 Å². The first-order valence-corrected chi connectivity index (χ1v) is 8.34. The van der Waals surface area contributed by atoms with Crippen molar-refractivity contribution in [2.24, 2.45) is 5.41 Å². The maximum Gasteiger partial charge on any atom is 0.241 e. The fourth-order valence-corrected chi connectivity index (χ4v) is 4.19. The van der Waals surface area contributed by atoms with Crippen LogP contribution in [0.1, 0.15) is 27.2 Å². The maximum atomic E-state index is 12.4. The summed E-state index contributed by atoms with van der Waals surface area (Å²) < 4.78 is 27.9. The summed E-state index contributed by atoms with van der Waals surface area (Å²) in [6.45, 7) is 5.77. The van der Waals surface area contributed by atoms with Gasteiger partial charge in [-0.05, 0) is 39.9 Å². The van der Waals surface area contributed by atoms with Gasteiger partial charge in [0.25, 0.3) is 0 Å². The van der Waals surface area contributed by atoms with Gasteiger partial charge in [0.15, 0.2) is 0 Å². The summed E-state index contributed by atoms with van der Waals surface area (Å²) in [6, 6.07) is 6.35. The fraction of sp³-hybridized carbons (Fsp3) is 0.538. The molecule has 0 radical (unpaired) electrons. The van der Waals surface area contributed by atoms with E-state index in [2.05, 4.69) is 20.7 Å². The lowest BCUT2D eigenvalue weighted by Crippen LogP contribution is -2.44. The van der Waals surface area contributed by atoms with E-state index in [0.717, 1.165) is 0 Å². The molecule has 0 aliphatic heterocycles. The molecule has 1 rings (SSSR count). The standard InChI is InChI=1S/C13H20BrNO3S/c1-13(2,3)12(8-9-16)15-19(17,18)11-7-5-4-6-10(11)14/h4-7,12,15-16H,8-9H2,1-3H3. The lowest BCUT2D eigenvalue weighted by Gasteiger charge is -2.31. The van der Waals surface area contributed by atoms with Crippen LogP contribution in [0.5, 0.6) is 0 Å². The van der Waals surface area contributed by atoms with Crippen LogP contribution in [0, 0.1) is 5.41 Å². The highest BCUT2D eigenvalue weighted by molar-refractivity contribution is 9.10. The van der Waals surface area contributed by atoms with Crippen molar-refractivity contribution < 1.29 is 13.5 Å². The minimum atomic E-state index is -3.60. The Morgan fingerprint density at radius 1 is 1.32 bits per heavy atom. The van der Waals surface area contributed by atoms with E-state index < -0.39 is 10.0 Å². The summed E-state index contributed by atoms with van der Waals surface area (Å²) in [5.74, 6) is 0. The quantitative estimate of drug-likeness (QED) is 0.858. The first-order valence-electron chi connectivity index (χ1n) is 6.06. The normalized spacial score (nSPS) is 14.4. The first kappa shape index (κ1) is 16.6. The van der Waals surface area contributed by atoms with E-state index in [1.807, 2.05) is 20.8 Å². The molecule has 0 saturated carbocycles. The monoisotopic (exact) mass is 349 g/mol. The van der Waals surface area contributed by atoms with Crippen LogP contribution in [0.2, 0.25) is 0 Å². The fourth-order valence-electron chi connectivity index (χ4n) is 1.71. The number of aliphatic hydroxyl groups excluding tert-OH is 1. The van der Waals surface area contributed by atoms with E-state index in [9.17, 15) is 8.42 Å². The molecule has 0 spiro atoms. The molecule has 0 aromatic heterocycles. The van der Waals surface area contributed by atoms with Crippen molar-refractivity contribution in [2.45, 2.75) is 38.1 Å². The summed E-state index contributed by atoms with van der Waals surface area (Å²) in [5.41, 5.74) is -0.267. The second-order valence-electron chi connectivity index (χ2n) is 5.48. The van der Waals surface area contributed by atoms with Gasteiger partial charge >= 0.3 is 0 Å². The predicted molar refractivity (Wildman–Crippen MR) is 79.4 cm³/mol. The highest BCUT2D eigenvalue weighted by Gasteiger charge is 2.29. The minimum absolute atomic E-state index is 0.0551. The summed E-state index contributed by atoms with van der Waals surface area (Å²) >= 11 is 3.24. The van der Waals surface area contributed by atoms with Crippen LogP contribution in [0.15, 0.2) is 33.6 Å². The number of halogens is 1. The molecule has 1 aromatic rings. The molecule has 0 aliphatic carbocycles. The van der Waals surface area contributed by atoms with E-state index in [-0.39, 0.29) is 23.0 Å². The van der Waals surface area contributed by atoms with E-state index >= 15 is 0 Å². The van der Waals surface area contributed by atoms with E-state index in [0.29, 0.717) is 10.9 Å². The molecule has 0 amide bonds. The van der Waals surface area contributed by atoms with Gasteiger partial charge in [0.05, 0.1) is 4.90 Å². The third-order valence-electron chi connectivity index (χ3n) is 2.89. The number of aliphatic hydroxyl groups is 1. The van der Waals surface area contributed by atoms with Gasteiger partial charge in [-0.3, -0.25) is 0 Å².